The second-order valence-electron chi connectivity index (χ2n) is 9.44. The molecule has 0 saturated heterocycles. The summed E-state index contributed by atoms with van der Waals surface area (Å²) in [6, 6.07) is 14.9. The number of fused-ring (bicyclic) bond motifs is 1. The van der Waals surface area contributed by atoms with Gasteiger partial charge in [-0.3, -0.25) is 0 Å². The van der Waals surface area contributed by atoms with E-state index in [-0.39, 0.29) is 17.0 Å². The third kappa shape index (κ3) is 5.14. The molecule has 0 aliphatic rings. The van der Waals surface area contributed by atoms with Crippen molar-refractivity contribution in [2.45, 2.75) is 75.6 Å². The maximum absolute atomic E-state index is 13.7. The van der Waals surface area contributed by atoms with Crippen LogP contribution in [-0.2, 0) is 10.0 Å². The van der Waals surface area contributed by atoms with Crippen LogP contribution in [0.4, 0.5) is 0 Å². The smallest absolute Gasteiger partial charge is 0.228 e. The van der Waals surface area contributed by atoms with Crippen LogP contribution in [0.3, 0.4) is 0 Å². The molecule has 36 heavy (non-hydrogen) atoms. The van der Waals surface area contributed by atoms with Gasteiger partial charge in [0.2, 0.25) is 10.0 Å². The van der Waals surface area contributed by atoms with E-state index in [0.29, 0.717) is 27.0 Å². The molecule has 2 aromatic heterocycles. The van der Waals surface area contributed by atoms with Crippen LogP contribution < -0.4 is 0 Å². The highest BCUT2D eigenvalue weighted by Gasteiger charge is 2.31. The van der Waals surface area contributed by atoms with Crippen LogP contribution in [0.5, 0.6) is 0 Å². The molecular formula is C27H31N5O2S2. The van der Waals surface area contributed by atoms with Gasteiger partial charge in [0.15, 0.2) is 5.16 Å². The Morgan fingerprint density at radius 3 is 2.03 bits per heavy atom. The molecule has 0 amide bonds. The van der Waals surface area contributed by atoms with E-state index in [2.05, 4.69) is 20.2 Å². The van der Waals surface area contributed by atoms with Gasteiger partial charge in [0.25, 0.3) is 0 Å². The molecule has 0 N–H and O–H groups in total. The molecule has 0 spiro atoms. The van der Waals surface area contributed by atoms with Gasteiger partial charge in [-0.15, -0.1) is 10.2 Å². The zero-order valence-corrected chi connectivity index (χ0v) is 23.3. The lowest BCUT2D eigenvalue weighted by Crippen LogP contribution is -2.42. The van der Waals surface area contributed by atoms with Crippen LogP contribution in [0.2, 0.25) is 0 Å². The Labute approximate surface area is 217 Å². The van der Waals surface area contributed by atoms with Crippen LogP contribution in [0, 0.1) is 20.8 Å². The highest BCUT2D eigenvalue weighted by molar-refractivity contribution is 7.99. The van der Waals surface area contributed by atoms with Crippen LogP contribution in [0.15, 0.2) is 63.6 Å². The number of aromatic nitrogens is 4. The van der Waals surface area contributed by atoms with Crippen molar-refractivity contribution in [2.24, 2.45) is 0 Å². The van der Waals surface area contributed by atoms with Gasteiger partial charge in [-0.2, -0.15) is 4.31 Å². The van der Waals surface area contributed by atoms with Crippen LogP contribution in [-0.4, -0.2) is 45.0 Å². The molecule has 0 atom stereocenters. The van der Waals surface area contributed by atoms with Crippen molar-refractivity contribution in [3.8, 4) is 11.3 Å². The van der Waals surface area contributed by atoms with Crippen molar-refractivity contribution in [3.05, 3.63) is 65.5 Å². The zero-order chi connectivity index (χ0) is 26.2. The molecule has 7 nitrogen and oxygen atoms in total. The summed E-state index contributed by atoms with van der Waals surface area (Å²) in [7, 11) is -3.71. The average molecular weight is 522 g/mol. The summed E-state index contributed by atoms with van der Waals surface area (Å²) in [5, 5.41) is 12.2. The molecule has 4 aromatic rings. The maximum Gasteiger partial charge on any atom is 0.243 e. The topological polar surface area (TPSA) is 88.9 Å². The summed E-state index contributed by atoms with van der Waals surface area (Å²) in [5.74, 6) is 0. The highest BCUT2D eigenvalue weighted by Crippen LogP contribution is 2.35. The second kappa shape index (κ2) is 10.2. The van der Waals surface area contributed by atoms with Gasteiger partial charge in [0, 0.05) is 39.8 Å². The van der Waals surface area contributed by atoms with E-state index in [1.807, 2.05) is 90.9 Å². The molecule has 0 bridgehead atoms. The van der Waals surface area contributed by atoms with Crippen molar-refractivity contribution in [2.75, 3.05) is 0 Å². The Hall–Kier alpha value is -2.88. The van der Waals surface area contributed by atoms with E-state index in [1.54, 1.807) is 10.4 Å². The summed E-state index contributed by atoms with van der Waals surface area (Å²) >= 11 is 1.37. The van der Waals surface area contributed by atoms with Crippen molar-refractivity contribution in [1.29, 1.82) is 0 Å². The largest absolute Gasteiger partial charge is 0.243 e. The molecule has 2 heterocycles. The fourth-order valence-electron chi connectivity index (χ4n) is 4.48. The normalized spacial score (nSPS) is 12.3. The summed E-state index contributed by atoms with van der Waals surface area (Å²) in [4.78, 5) is 9.33. The molecule has 0 radical (unpaired) electrons. The Bertz CT molecular complexity index is 1510. The van der Waals surface area contributed by atoms with Gasteiger partial charge in [0.1, 0.15) is 10.7 Å². The first kappa shape index (κ1) is 26.2. The van der Waals surface area contributed by atoms with Crippen molar-refractivity contribution < 1.29 is 8.42 Å². The number of rotatable bonds is 7. The number of hydrogen-bond acceptors (Lipinski definition) is 7. The molecule has 0 saturated carbocycles. The van der Waals surface area contributed by atoms with E-state index in [1.165, 1.54) is 11.8 Å². The maximum atomic E-state index is 13.7. The lowest BCUT2D eigenvalue weighted by molar-refractivity contribution is 0.302. The van der Waals surface area contributed by atoms with E-state index in [9.17, 15) is 8.42 Å². The third-order valence-electron chi connectivity index (χ3n) is 5.84. The number of benzene rings is 2. The summed E-state index contributed by atoms with van der Waals surface area (Å²) in [5.41, 5.74) is 3.82. The zero-order valence-electron chi connectivity index (χ0n) is 21.6. The first-order valence-corrected chi connectivity index (χ1v) is 14.1. The fraction of sp³-hybridized carbons (Fsp3) is 0.333. The van der Waals surface area contributed by atoms with Crippen molar-refractivity contribution in [1.82, 2.24) is 24.5 Å². The van der Waals surface area contributed by atoms with E-state index < -0.39 is 10.0 Å². The molecule has 9 heteroatoms. The molecule has 0 aliphatic heterocycles. The Balaban J connectivity index is 1.84. The van der Waals surface area contributed by atoms with Gasteiger partial charge >= 0.3 is 0 Å². The first-order chi connectivity index (χ1) is 17.0. The minimum absolute atomic E-state index is 0.164. The fourth-order valence-corrected chi connectivity index (χ4v) is 7.49. The second-order valence-corrected chi connectivity index (χ2v) is 12.2. The third-order valence-corrected chi connectivity index (χ3v) is 9.09. The van der Waals surface area contributed by atoms with Crippen molar-refractivity contribution in [3.63, 3.8) is 0 Å². The summed E-state index contributed by atoms with van der Waals surface area (Å²) in [6.45, 7) is 13.3. The molecule has 188 valence electrons. The SMILES string of the molecule is Cc1cc(C)nc(Sc2nnc(-c3ccc(C)c(S(=O)(=O)N(C(C)C)C(C)C)c3)c3ccccc23)n1. The number of nitrogens with zero attached hydrogens (tertiary/aromatic N) is 5. The standard InChI is InChI=1S/C27H31N5O2S2/c1-16(2)32(17(3)4)36(33,34)24-15-21(13-12-18(24)5)25-22-10-8-9-11-23(22)26(31-30-25)35-27-28-19(6)14-20(7)29-27/h8-17H,1-7H3. The first-order valence-electron chi connectivity index (χ1n) is 11.9. The number of sulfonamides is 1. The molecule has 0 unspecified atom stereocenters. The van der Waals surface area contributed by atoms with Crippen molar-refractivity contribution >= 4 is 32.6 Å². The number of aryl methyl sites for hydroxylation is 3. The lowest BCUT2D eigenvalue weighted by atomic mass is 10.0. The van der Waals surface area contributed by atoms with Crippen LogP contribution in [0.25, 0.3) is 22.0 Å². The van der Waals surface area contributed by atoms with Gasteiger partial charge in [0.05, 0.1) is 4.90 Å². The predicted molar refractivity (Wildman–Crippen MR) is 145 cm³/mol. The van der Waals surface area contributed by atoms with E-state index in [4.69, 9.17) is 0 Å². The molecule has 0 aliphatic carbocycles. The summed E-state index contributed by atoms with van der Waals surface area (Å²) in [6.07, 6.45) is 0. The predicted octanol–water partition coefficient (Wildman–Crippen LogP) is 5.97. The van der Waals surface area contributed by atoms with Crippen LogP contribution in [0.1, 0.15) is 44.6 Å². The molecule has 0 fully saturated rings. The van der Waals surface area contributed by atoms with Gasteiger partial charge in [-0.1, -0.05) is 36.4 Å². The summed E-state index contributed by atoms with van der Waals surface area (Å²) < 4.78 is 28.9. The van der Waals surface area contributed by atoms with E-state index >= 15 is 0 Å². The monoisotopic (exact) mass is 521 g/mol. The lowest BCUT2D eigenvalue weighted by Gasteiger charge is -2.30. The Morgan fingerprint density at radius 2 is 1.42 bits per heavy atom. The van der Waals surface area contributed by atoms with Crippen LogP contribution >= 0.6 is 11.8 Å². The Morgan fingerprint density at radius 1 is 0.806 bits per heavy atom. The van der Waals surface area contributed by atoms with Gasteiger partial charge in [-0.05, 0) is 77.9 Å². The Kier molecular flexibility index (Phi) is 7.45. The quantitative estimate of drug-likeness (QED) is 0.277. The molecular weight excluding hydrogens is 490 g/mol. The molecule has 2 aromatic carbocycles. The number of hydrogen-bond donors (Lipinski definition) is 0. The molecule has 4 rings (SSSR count). The highest BCUT2D eigenvalue weighted by atomic mass is 32.2. The minimum Gasteiger partial charge on any atom is -0.228 e. The van der Waals surface area contributed by atoms with Gasteiger partial charge in [-0.25, -0.2) is 18.4 Å². The minimum atomic E-state index is -3.71. The van der Waals surface area contributed by atoms with E-state index in [0.717, 1.165) is 22.2 Å². The van der Waals surface area contributed by atoms with Gasteiger partial charge < -0.3 is 0 Å². The average Bonchev–Trinajstić information content (AvgIpc) is 2.78.